The van der Waals surface area contributed by atoms with Crippen molar-refractivity contribution in [2.45, 2.75) is 13.0 Å². The lowest BCUT2D eigenvalue weighted by atomic mass is 10.0. The van der Waals surface area contributed by atoms with Gasteiger partial charge in [-0.2, -0.15) is 0 Å². The van der Waals surface area contributed by atoms with Gasteiger partial charge in [0.05, 0.1) is 11.7 Å². The highest BCUT2D eigenvalue weighted by atomic mass is 28.3. The van der Waals surface area contributed by atoms with Crippen LogP contribution in [0.4, 0.5) is 22.0 Å². The fourth-order valence-corrected chi connectivity index (χ4v) is 3.14. The average molecular weight is 378 g/mol. The van der Waals surface area contributed by atoms with Gasteiger partial charge in [0.15, 0.2) is 23.3 Å². The predicted octanol–water partition coefficient (Wildman–Crippen LogP) is 4.14. The molecule has 0 aliphatic carbocycles. The van der Waals surface area contributed by atoms with Crippen molar-refractivity contribution in [3.05, 3.63) is 58.9 Å². The molecule has 0 aliphatic heterocycles. The van der Waals surface area contributed by atoms with E-state index in [0.29, 0.717) is 5.56 Å². The normalized spacial score (nSPS) is 12.7. The molecule has 0 aliphatic rings. The molecule has 136 valence electrons. The van der Waals surface area contributed by atoms with Crippen LogP contribution in [0.1, 0.15) is 18.6 Å². The summed E-state index contributed by atoms with van der Waals surface area (Å²) in [4.78, 5) is 0. The molecule has 1 unspecified atom stereocenters. The molecule has 0 amide bonds. The van der Waals surface area contributed by atoms with Crippen molar-refractivity contribution < 1.29 is 35.2 Å². The Labute approximate surface area is 142 Å². The van der Waals surface area contributed by atoms with Crippen molar-refractivity contribution in [2.75, 3.05) is 14.2 Å². The summed E-state index contributed by atoms with van der Waals surface area (Å²) in [6, 6.07) is 5.44. The third-order valence-electron chi connectivity index (χ3n) is 3.58. The Morgan fingerprint density at radius 3 is 1.64 bits per heavy atom. The van der Waals surface area contributed by atoms with E-state index in [0.717, 1.165) is 0 Å². The highest BCUT2D eigenvalue weighted by Crippen LogP contribution is 2.32. The molecule has 0 heterocycles. The Morgan fingerprint density at radius 1 is 0.760 bits per heavy atom. The van der Waals surface area contributed by atoms with E-state index in [4.69, 9.17) is 13.3 Å². The van der Waals surface area contributed by atoms with Gasteiger partial charge < -0.3 is 13.3 Å². The van der Waals surface area contributed by atoms with Gasteiger partial charge in [-0.15, -0.1) is 0 Å². The summed E-state index contributed by atoms with van der Waals surface area (Å²) < 4.78 is 83.0. The molecule has 2 aromatic carbocycles. The Balaban J connectivity index is 2.35. The molecule has 0 bridgehead atoms. The lowest BCUT2D eigenvalue weighted by molar-refractivity contribution is 0.0951. The van der Waals surface area contributed by atoms with Gasteiger partial charge in [0.25, 0.3) is 0 Å². The summed E-state index contributed by atoms with van der Waals surface area (Å²) in [5.74, 6) is -9.90. The highest BCUT2D eigenvalue weighted by molar-refractivity contribution is 6.36. The van der Waals surface area contributed by atoms with Gasteiger partial charge in [0.1, 0.15) is 0 Å². The molecule has 9 heteroatoms. The molecular formula is C16H15F5O3Si. The predicted molar refractivity (Wildman–Crippen MR) is 82.3 cm³/mol. The van der Waals surface area contributed by atoms with E-state index in [1.54, 1.807) is 6.92 Å². The SMILES string of the molecule is CO[SiH](OC)OC(C)c1ccc(-c2c(F)c(F)c(F)c(F)c2F)cc1. The Bertz CT molecular complexity index is 721. The molecule has 0 fully saturated rings. The van der Waals surface area contributed by atoms with Crippen molar-refractivity contribution in [3.63, 3.8) is 0 Å². The summed E-state index contributed by atoms with van der Waals surface area (Å²) in [6.07, 6.45) is -0.443. The third-order valence-corrected chi connectivity index (χ3v) is 4.98. The van der Waals surface area contributed by atoms with E-state index in [1.807, 2.05) is 0 Å². The molecule has 0 saturated heterocycles. The second-order valence-electron chi connectivity index (χ2n) is 5.11. The molecule has 2 rings (SSSR count). The molecule has 3 nitrogen and oxygen atoms in total. The van der Waals surface area contributed by atoms with Crippen molar-refractivity contribution in [1.82, 2.24) is 0 Å². The Hall–Kier alpha value is -1.81. The van der Waals surface area contributed by atoms with Crippen molar-refractivity contribution in [1.29, 1.82) is 0 Å². The first-order valence-electron chi connectivity index (χ1n) is 7.14. The van der Waals surface area contributed by atoms with Gasteiger partial charge in [0.2, 0.25) is 5.82 Å². The van der Waals surface area contributed by atoms with Crippen LogP contribution in [0, 0.1) is 29.1 Å². The lowest BCUT2D eigenvalue weighted by Gasteiger charge is -2.18. The summed E-state index contributed by atoms with van der Waals surface area (Å²) in [5, 5.41) is 0. The number of benzene rings is 2. The molecule has 1 atom stereocenters. The van der Waals surface area contributed by atoms with Crippen molar-refractivity contribution >= 4 is 9.53 Å². The minimum absolute atomic E-state index is 0.143. The first kappa shape index (κ1) is 19.5. The molecule has 0 saturated carbocycles. The van der Waals surface area contributed by atoms with Crippen LogP contribution < -0.4 is 0 Å². The monoisotopic (exact) mass is 378 g/mol. The number of hydrogen-bond acceptors (Lipinski definition) is 3. The quantitative estimate of drug-likeness (QED) is 0.327. The van der Waals surface area contributed by atoms with Gasteiger partial charge in [-0.05, 0) is 18.1 Å². The van der Waals surface area contributed by atoms with Gasteiger partial charge in [-0.3, -0.25) is 0 Å². The van der Waals surface area contributed by atoms with E-state index in [1.165, 1.54) is 38.5 Å². The van der Waals surface area contributed by atoms with Crippen LogP contribution in [0.2, 0.25) is 0 Å². The zero-order valence-corrected chi connectivity index (χ0v) is 14.7. The van der Waals surface area contributed by atoms with Crippen LogP contribution in [0.25, 0.3) is 11.1 Å². The van der Waals surface area contributed by atoms with Crippen LogP contribution in [-0.2, 0) is 13.3 Å². The van der Waals surface area contributed by atoms with E-state index < -0.39 is 50.3 Å². The molecule has 0 N–H and O–H groups in total. The van der Waals surface area contributed by atoms with Crippen LogP contribution in [0.15, 0.2) is 24.3 Å². The van der Waals surface area contributed by atoms with Crippen LogP contribution in [-0.4, -0.2) is 23.7 Å². The fourth-order valence-electron chi connectivity index (χ4n) is 2.23. The summed E-state index contributed by atoms with van der Waals surface area (Å²) in [5.41, 5.74) is -0.493. The van der Waals surface area contributed by atoms with E-state index in [2.05, 4.69) is 0 Å². The zero-order valence-electron chi connectivity index (χ0n) is 13.6. The molecule has 0 spiro atoms. The third kappa shape index (κ3) is 3.89. The first-order valence-corrected chi connectivity index (χ1v) is 8.56. The maximum Gasteiger partial charge on any atom is 0.484 e. The second-order valence-corrected chi connectivity index (χ2v) is 6.90. The molecular weight excluding hydrogens is 363 g/mol. The lowest BCUT2D eigenvalue weighted by Crippen LogP contribution is -2.25. The topological polar surface area (TPSA) is 27.7 Å². The van der Waals surface area contributed by atoms with Gasteiger partial charge in [-0.1, -0.05) is 24.3 Å². The molecule has 2 aromatic rings. The van der Waals surface area contributed by atoms with E-state index in [9.17, 15) is 22.0 Å². The largest absolute Gasteiger partial charge is 0.484 e. The number of hydrogen-bond donors (Lipinski definition) is 0. The first-order chi connectivity index (χ1) is 11.8. The summed E-state index contributed by atoms with van der Waals surface area (Å²) in [7, 11) is 0.600. The zero-order chi connectivity index (χ0) is 18.7. The molecule has 25 heavy (non-hydrogen) atoms. The maximum absolute atomic E-state index is 13.8. The van der Waals surface area contributed by atoms with Gasteiger partial charge in [-0.25, -0.2) is 22.0 Å². The van der Waals surface area contributed by atoms with E-state index >= 15 is 0 Å². The standard InChI is InChI=1S/C16H15F5O3Si/c1-8(24-25(22-2)23-3)9-4-6-10(7-5-9)11-12(17)14(19)16(21)15(20)13(11)18/h4-8,25H,1-3H3. The van der Waals surface area contributed by atoms with Gasteiger partial charge >= 0.3 is 9.53 Å². The maximum atomic E-state index is 13.8. The minimum Gasteiger partial charge on any atom is -0.379 e. The highest BCUT2D eigenvalue weighted by Gasteiger charge is 2.26. The van der Waals surface area contributed by atoms with Crippen LogP contribution in [0.5, 0.6) is 0 Å². The molecule has 0 aromatic heterocycles. The Morgan fingerprint density at radius 2 is 1.20 bits per heavy atom. The van der Waals surface area contributed by atoms with Crippen molar-refractivity contribution in [3.8, 4) is 11.1 Å². The summed E-state index contributed by atoms with van der Waals surface area (Å²) in [6.45, 7) is 1.71. The fraction of sp³-hybridized carbons (Fsp3) is 0.250. The summed E-state index contributed by atoms with van der Waals surface area (Å²) >= 11 is 0. The van der Waals surface area contributed by atoms with Crippen LogP contribution in [0.3, 0.4) is 0 Å². The minimum atomic E-state index is -2.29. The van der Waals surface area contributed by atoms with Gasteiger partial charge in [0, 0.05) is 14.2 Å². The average Bonchev–Trinajstić information content (AvgIpc) is 2.63. The van der Waals surface area contributed by atoms with E-state index in [-0.39, 0.29) is 5.56 Å². The number of rotatable bonds is 6. The van der Waals surface area contributed by atoms with Crippen molar-refractivity contribution in [2.24, 2.45) is 0 Å². The van der Waals surface area contributed by atoms with Crippen LogP contribution >= 0.6 is 0 Å². The smallest absolute Gasteiger partial charge is 0.379 e. The number of halogens is 5. The molecule has 0 radical (unpaired) electrons. The second kappa shape index (κ2) is 8.04. The Kier molecular flexibility index (Phi) is 6.28.